The molecule has 0 unspecified atom stereocenters. The van der Waals surface area contributed by atoms with E-state index in [2.05, 4.69) is 10.1 Å². The molecule has 0 fully saturated rings. The van der Waals surface area contributed by atoms with E-state index in [4.69, 9.17) is 10.2 Å². The normalized spacial score (nSPS) is 10.6. The summed E-state index contributed by atoms with van der Waals surface area (Å²) in [7, 11) is 0. The molecule has 2 aromatic rings. The third kappa shape index (κ3) is 1.08. The van der Waals surface area contributed by atoms with Crippen LogP contribution in [0.3, 0.4) is 0 Å². The number of carbonyl (C=O) groups is 1. The van der Waals surface area contributed by atoms with Crippen molar-refractivity contribution in [2.45, 2.75) is 6.92 Å². The second kappa shape index (κ2) is 2.69. The predicted molar refractivity (Wildman–Crippen MR) is 46.3 cm³/mol. The third-order valence-corrected chi connectivity index (χ3v) is 1.85. The lowest BCUT2D eigenvalue weighted by Crippen LogP contribution is -1.98. The maximum Gasteiger partial charge on any atom is 0.341 e. The summed E-state index contributed by atoms with van der Waals surface area (Å²) in [5.41, 5.74) is 0.661. The number of aromatic hydroxyl groups is 1. The summed E-state index contributed by atoms with van der Waals surface area (Å²) in [6, 6.07) is 0. The highest BCUT2D eigenvalue weighted by Crippen LogP contribution is 2.15. The largest absolute Gasteiger partial charge is 0.505 e. The van der Waals surface area contributed by atoms with Crippen LogP contribution in [-0.2, 0) is 0 Å². The molecule has 14 heavy (non-hydrogen) atoms. The molecule has 0 saturated carbocycles. The third-order valence-electron chi connectivity index (χ3n) is 1.85. The van der Waals surface area contributed by atoms with Gasteiger partial charge in [-0.25, -0.2) is 14.3 Å². The Balaban J connectivity index is 2.84. The van der Waals surface area contributed by atoms with Gasteiger partial charge in [0.25, 0.3) is 0 Å². The van der Waals surface area contributed by atoms with Gasteiger partial charge in [0.15, 0.2) is 11.4 Å². The lowest BCUT2D eigenvalue weighted by atomic mass is 10.2. The molecule has 0 aliphatic carbocycles. The quantitative estimate of drug-likeness (QED) is 0.686. The number of aromatic carboxylic acids is 1. The minimum atomic E-state index is -1.07. The molecule has 0 aliphatic rings. The van der Waals surface area contributed by atoms with Gasteiger partial charge in [-0.1, -0.05) is 0 Å². The molecule has 6 heteroatoms. The molecule has 0 aromatic carbocycles. The first-order valence-electron chi connectivity index (χ1n) is 3.87. The van der Waals surface area contributed by atoms with Crippen molar-refractivity contribution in [1.82, 2.24) is 14.6 Å². The van der Waals surface area contributed by atoms with Crippen molar-refractivity contribution in [2.75, 3.05) is 0 Å². The molecule has 0 aliphatic heterocycles. The number of carboxylic acid groups (broad SMARTS) is 1. The summed E-state index contributed by atoms with van der Waals surface area (Å²) < 4.78 is 1.24. The van der Waals surface area contributed by atoms with Crippen LogP contribution in [0.1, 0.15) is 16.1 Å². The minimum Gasteiger partial charge on any atom is -0.505 e. The van der Waals surface area contributed by atoms with E-state index in [0.717, 1.165) is 0 Å². The minimum absolute atomic E-state index is 0.0584. The average molecular weight is 193 g/mol. The Morgan fingerprint density at radius 3 is 2.93 bits per heavy atom. The topological polar surface area (TPSA) is 87.7 Å². The highest BCUT2D eigenvalue weighted by Gasteiger charge is 2.16. The Labute approximate surface area is 78.4 Å². The maximum atomic E-state index is 10.8. The fourth-order valence-electron chi connectivity index (χ4n) is 1.29. The molecule has 2 heterocycles. The number of fused-ring (bicyclic) bond motifs is 1. The molecular formula is C8H7N3O3. The zero-order valence-electron chi connectivity index (χ0n) is 7.30. The maximum absolute atomic E-state index is 10.8. The number of rotatable bonds is 1. The first kappa shape index (κ1) is 8.49. The molecule has 2 N–H and O–H groups in total. The lowest BCUT2D eigenvalue weighted by molar-refractivity contribution is 0.0698. The number of carboxylic acids is 1. The van der Waals surface area contributed by atoms with Crippen molar-refractivity contribution in [1.29, 1.82) is 0 Å². The molecular weight excluding hydrogens is 186 g/mol. The molecule has 6 nitrogen and oxygen atoms in total. The Bertz CT molecular complexity index is 518. The molecule has 2 rings (SSSR count). The van der Waals surface area contributed by atoms with Crippen LogP contribution in [0.5, 0.6) is 5.75 Å². The van der Waals surface area contributed by atoms with Crippen LogP contribution in [0.4, 0.5) is 0 Å². The monoisotopic (exact) mass is 193 g/mol. The molecule has 0 radical (unpaired) electrons. The Kier molecular flexibility index (Phi) is 1.63. The van der Waals surface area contributed by atoms with Crippen LogP contribution in [0.15, 0.2) is 12.4 Å². The van der Waals surface area contributed by atoms with Crippen molar-refractivity contribution in [2.24, 2.45) is 0 Å². The summed E-state index contributed by atoms with van der Waals surface area (Å²) in [6.07, 6.45) is 2.49. The van der Waals surface area contributed by atoms with E-state index in [1.807, 2.05) is 0 Å². The number of aromatic nitrogens is 3. The summed E-state index contributed by atoms with van der Waals surface area (Å²) in [4.78, 5) is 14.6. The number of hydrogen-bond acceptors (Lipinski definition) is 4. The van der Waals surface area contributed by atoms with E-state index in [9.17, 15) is 4.79 Å². The van der Waals surface area contributed by atoms with Gasteiger partial charge in [-0.3, -0.25) is 0 Å². The second-order valence-electron chi connectivity index (χ2n) is 2.85. The Morgan fingerprint density at radius 2 is 2.29 bits per heavy atom. The fourth-order valence-corrected chi connectivity index (χ4v) is 1.29. The Hall–Kier alpha value is -2.11. The van der Waals surface area contributed by atoms with Gasteiger partial charge in [-0.15, -0.1) is 0 Å². The van der Waals surface area contributed by atoms with Crippen LogP contribution < -0.4 is 0 Å². The van der Waals surface area contributed by atoms with E-state index >= 15 is 0 Å². The van der Waals surface area contributed by atoms with Crippen LogP contribution >= 0.6 is 0 Å². The zero-order valence-corrected chi connectivity index (χ0v) is 7.30. The first-order chi connectivity index (χ1) is 6.59. The zero-order chi connectivity index (χ0) is 10.3. The molecule has 0 bridgehead atoms. The smallest absolute Gasteiger partial charge is 0.341 e. The van der Waals surface area contributed by atoms with Gasteiger partial charge in [-0.05, 0) is 6.92 Å². The summed E-state index contributed by atoms with van der Waals surface area (Å²) in [6.45, 7) is 1.58. The van der Waals surface area contributed by atoms with Gasteiger partial charge in [0, 0.05) is 0 Å². The summed E-state index contributed by atoms with van der Waals surface area (Å²) >= 11 is 0. The van der Waals surface area contributed by atoms with Crippen LogP contribution in [0, 0.1) is 6.92 Å². The van der Waals surface area contributed by atoms with Gasteiger partial charge < -0.3 is 10.2 Å². The van der Waals surface area contributed by atoms with Gasteiger partial charge in [0.2, 0.25) is 0 Å². The summed E-state index contributed by atoms with van der Waals surface area (Å²) in [5.74, 6) is -1.13. The molecule has 0 spiro atoms. The highest BCUT2D eigenvalue weighted by molar-refractivity contribution is 5.95. The van der Waals surface area contributed by atoms with Crippen LogP contribution in [0.25, 0.3) is 5.65 Å². The number of hydrogen-bond donors (Lipinski definition) is 2. The molecule has 2 aromatic heterocycles. The predicted octanol–water partition coefficient (Wildman–Crippen LogP) is 0.442. The van der Waals surface area contributed by atoms with Crippen molar-refractivity contribution < 1.29 is 15.0 Å². The van der Waals surface area contributed by atoms with Crippen LogP contribution in [0.2, 0.25) is 0 Å². The summed E-state index contributed by atoms with van der Waals surface area (Å²) in [5, 5.41) is 21.9. The van der Waals surface area contributed by atoms with E-state index in [-0.39, 0.29) is 17.0 Å². The van der Waals surface area contributed by atoms with Gasteiger partial charge in [0.05, 0.1) is 18.1 Å². The van der Waals surface area contributed by atoms with Crippen molar-refractivity contribution in [3.05, 3.63) is 23.7 Å². The van der Waals surface area contributed by atoms with Gasteiger partial charge in [0.1, 0.15) is 5.56 Å². The molecule has 0 atom stereocenters. The molecule has 0 saturated heterocycles. The van der Waals surface area contributed by atoms with E-state index in [1.54, 1.807) is 6.92 Å². The first-order valence-corrected chi connectivity index (χ1v) is 3.87. The van der Waals surface area contributed by atoms with E-state index in [1.165, 1.54) is 16.9 Å². The molecule has 72 valence electrons. The Morgan fingerprint density at radius 1 is 1.57 bits per heavy atom. The van der Waals surface area contributed by atoms with E-state index in [0.29, 0.717) is 5.69 Å². The fraction of sp³-hybridized carbons (Fsp3) is 0.125. The van der Waals surface area contributed by atoms with Crippen molar-refractivity contribution >= 4 is 11.6 Å². The van der Waals surface area contributed by atoms with Crippen molar-refractivity contribution in [3.8, 4) is 5.75 Å². The van der Waals surface area contributed by atoms with Crippen molar-refractivity contribution in [3.63, 3.8) is 0 Å². The lowest BCUT2D eigenvalue weighted by Gasteiger charge is -1.93. The SMILES string of the molecule is Cc1nn2cc(O)cnc2c1C(=O)O. The molecule has 0 amide bonds. The number of aryl methyl sites for hydroxylation is 1. The number of nitrogens with zero attached hydrogens (tertiary/aromatic N) is 3. The second-order valence-corrected chi connectivity index (χ2v) is 2.85. The standard InChI is InChI=1S/C8H7N3O3/c1-4-6(8(13)14)7-9-2-5(12)3-11(7)10-4/h2-3,12H,1H3,(H,13,14). The van der Waals surface area contributed by atoms with Gasteiger partial charge in [-0.2, -0.15) is 5.10 Å². The van der Waals surface area contributed by atoms with Crippen LogP contribution in [-0.4, -0.2) is 30.8 Å². The van der Waals surface area contributed by atoms with E-state index < -0.39 is 5.97 Å². The highest BCUT2D eigenvalue weighted by atomic mass is 16.4. The average Bonchev–Trinajstić information content (AvgIpc) is 2.39. The van der Waals surface area contributed by atoms with Gasteiger partial charge >= 0.3 is 5.97 Å².